The van der Waals surface area contributed by atoms with E-state index in [9.17, 15) is 14.0 Å². The summed E-state index contributed by atoms with van der Waals surface area (Å²) >= 11 is 0.930. The zero-order valence-corrected chi connectivity index (χ0v) is 11.0. The maximum atomic E-state index is 13.3. The van der Waals surface area contributed by atoms with Gasteiger partial charge in [-0.15, -0.1) is 10.2 Å². The average molecular weight is 292 g/mol. The van der Waals surface area contributed by atoms with Gasteiger partial charge in [-0.1, -0.05) is 30.5 Å². The fraction of sp³-hybridized carbons (Fsp3) is 0.0833. The summed E-state index contributed by atoms with van der Waals surface area (Å²) in [7, 11) is 0. The molecule has 8 heteroatoms. The summed E-state index contributed by atoms with van der Waals surface area (Å²) in [6.45, 7) is 3.34. The lowest BCUT2D eigenvalue weighted by atomic mass is 10.3. The third-order valence-electron chi connectivity index (χ3n) is 2.18. The summed E-state index contributed by atoms with van der Waals surface area (Å²) in [4.78, 5) is 26.4. The van der Waals surface area contributed by atoms with Crippen molar-refractivity contribution in [3.05, 3.63) is 42.4 Å². The Morgan fingerprint density at radius 3 is 2.80 bits per heavy atom. The molecule has 102 valence electrons. The van der Waals surface area contributed by atoms with Gasteiger partial charge >= 0.3 is 0 Å². The van der Waals surface area contributed by atoms with Crippen molar-refractivity contribution in [2.75, 3.05) is 11.1 Å². The monoisotopic (exact) mass is 292 g/mol. The van der Waals surface area contributed by atoms with Gasteiger partial charge < -0.3 is 5.32 Å². The van der Waals surface area contributed by atoms with Crippen molar-refractivity contribution in [1.82, 2.24) is 0 Å². The Labute approximate surface area is 117 Å². The zero-order chi connectivity index (χ0) is 14.5. The Morgan fingerprint density at radius 1 is 1.35 bits per heavy atom. The van der Waals surface area contributed by atoms with Crippen molar-refractivity contribution < 1.29 is 14.0 Å². The highest BCUT2D eigenvalue weighted by Crippen LogP contribution is 2.16. The molecule has 6 nitrogen and oxygen atoms in total. The predicted molar refractivity (Wildman–Crippen MR) is 73.9 cm³/mol. The molecule has 0 saturated heterocycles. The minimum absolute atomic E-state index is 0.0508. The van der Waals surface area contributed by atoms with Crippen molar-refractivity contribution >= 4 is 34.4 Å². The summed E-state index contributed by atoms with van der Waals surface area (Å²) in [6, 6.07) is 5.82. The van der Waals surface area contributed by atoms with Crippen LogP contribution in [0.25, 0.3) is 0 Å². The van der Waals surface area contributed by atoms with E-state index in [0.29, 0.717) is 0 Å². The van der Waals surface area contributed by atoms with Gasteiger partial charge in [0.25, 0.3) is 5.91 Å². The second-order valence-corrected chi connectivity index (χ2v) is 4.61. The first-order chi connectivity index (χ1) is 9.56. The third-order valence-corrected chi connectivity index (χ3v) is 3.02. The first kappa shape index (κ1) is 14.1. The molecule has 0 saturated carbocycles. The number of anilines is 1. The van der Waals surface area contributed by atoms with Crippen molar-refractivity contribution in [3.63, 3.8) is 0 Å². The van der Waals surface area contributed by atoms with Crippen molar-refractivity contribution in [1.29, 1.82) is 0 Å². The van der Waals surface area contributed by atoms with Crippen LogP contribution in [-0.4, -0.2) is 22.7 Å². The van der Waals surface area contributed by atoms with Crippen molar-refractivity contribution in [2.45, 2.75) is 0 Å². The molecule has 20 heavy (non-hydrogen) atoms. The highest BCUT2D eigenvalue weighted by molar-refractivity contribution is 8.14. The number of para-hydroxylation sites is 1. The number of rotatable bonds is 3. The predicted octanol–water partition coefficient (Wildman–Crippen LogP) is 2.36. The molecule has 0 aromatic heterocycles. The molecule has 1 aromatic carbocycles. The number of carbonyl (C=O) groups is 2. The lowest BCUT2D eigenvalue weighted by molar-refractivity contribution is -0.115. The molecule has 0 fully saturated rings. The molecule has 0 unspecified atom stereocenters. The molecular weight excluding hydrogens is 283 g/mol. The number of aliphatic imine (C=N–C) groups is 1. The number of carbonyl (C=O) groups excluding carboxylic acids is 2. The fourth-order valence-corrected chi connectivity index (χ4v) is 1.84. The number of hydrogen-bond donors (Lipinski definition) is 1. The molecule has 0 aliphatic carbocycles. The second kappa shape index (κ2) is 6.20. The van der Waals surface area contributed by atoms with Gasteiger partial charge in [0, 0.05) is 0 Å². The van der Waals surface area contributed by atoms with Gasteiger partial charge in [0.2, 0.25) is 11.1 Å². The highest BCUT2D eigenvalue weighted by Gasteiger charge is 2.15. The Hall–Kier alpha value is -2.35. The Morgan fingerprint density at radius 2 is 2.10 bits per heavy atom. The number of hydrogen-bond acceptors (Lipinski definition) is 5. The van der Waals surface area contributed by atoms with E-state index in [1.165, 1.54) is 18.2 Å². The SMILES string of the molecule is C=C1N=NC(SCC(=O)Nc2ccccc2F)=NC1=O. The van der Waals surface area contributed by atoms with E-state index < -0.39 is 17.6 Å². The number of benzene rings is 1. The topological polar surface area (TPSA) is 83.2 Å². The van der Waals surface area contributed by atoms with E-state index in [2.05, 4.69) is 27.1 Å². The number of halogens is 1. The summed E-state index contributed by atoms with van der Waals surface area (Å²) in [5.41, 5.74) is 0.0416. The van der Waals surface area contributed by atoms with Gasteiger partial charge in [-0.25, -0.2) is 4.39 Å². The van der Waals surface area contributed by atoms with Crippen LogP contribution in [-0.2, 0) is 9.59 Å². The van der Waals surface area contributed by atoms with Crippen LogP contribution >= 0.6 is 11.8 Å². The van der Waals surface area contributed by atoms with E-state index in [-0.39, 0.29) is 22.3 Å². The van der Waals surface area contributed by atoms with Gasteiger partial charge in [0.1, 0.15) is 11.5 Å². The lowest BCUT2D eigenvalue weighted by Crippen LogP contribution is -2.16. The molecule has 0 bridgehead atoms. The van der Waals surface area contributed by atoms with E-state index >= 15 is 0 Å². The quantitative estimate of drug-likeness (QED) is 0.868. The Kier molecular flexibility index (Phi) is 4.36. The number of amidine groups is 1. The van der Waals surface area contributed by atoms with Crippen LogP contribution in [0.3, 0.4) is 0 Å². The number of azo groups is 1. The Bertz CT molecular complexity index is 642. The van der Waals surface area contributed by atoms with Crippen LogP contribution in [0.2, 0.25) is 0 Å². The molecule has 2 amide bonds. The minimum Gasteiger partial charge on any atom is -0.323 e. The summed E-state index contributed by atoms with van der Waals surface area (Å²) in [6.07, 6.45) is 0. The molecule has 0 radical (unpaired) electrons. The third kappa shape index (κ3) is 3.58. The van der Waals surface area contributed by atoms with E-state index in [1.807, 2.05) is 0 Å². The Balaban J connectivity index is 1.89. The normalized spacial score (nSPS) is 14.2. The standard InChI is InChI=1S/C12H9FN4O2S/c1-7-11(19)15-12(17-16-7)20-6-10(18)14-9-5-3-2-4-8(9)13/h2-5H,1,6H2,(H,14,18). The molecule has 1 aromatic rings. The summed E-state index contributed by atoms with van der Waals surface area (Å²) in [5.74, 6) is -1.61. The van der Waals surface area contributed by atoms with Crippen LogP contribution in [0.1, 0.15) is 0 Å². The largest absolute Gasteiger partial charge is 0.323 e. The van der Waals surface area contributed by atoms with E-state index in [1.54, 1.807) is 6.07 Å². The van der Waals surface area contributed by atoms with Crippen LogP contribution < -0.4 is 5.32 Å². The minimum atomic E-state index is -0.586. The molecule has 1 aliphatic rings. The van der Waals surface area contributed by atoms with Gasteiger partial charge in [0.05, 0.1) is 11.4 Å². The van der Waals surface area contributed by atoms with E-state index in [0.717, 1.165) is 11.8 Å². The van der Waals surface area contributed by atoms with Gasteiger partial charge in [-0.3, -0.25) is 9.59 Å². The van der Waals surface area contributed by atoms with Crippen molar-refractivity contribution in [2.24, 2.45) is 15.2 Å². The number of thioether (sulfide) groups is 1. The van der Waals surface area contributed by atoms with Crippen LogP contribution in [0, 0.1) is 5.82 Å². The van der Waals surface area contributed by atoms with Crippen LogP contribution in [0.15, 0.2) is 51.8 Å². The van der Waals surface area contributed by atoms with Gasteiger partial charge in [-0.05, 0) is 12.1 Å². The number of amides is 2. The summed E-state index contributed by atoms with van der Waals surface area (Å²) in [5, 5.41) is 9.61. The van der Waals surface area contributed by atoms with E-state index in [4.69, 9.17) is 0 Å². The molecule has 1 heterocycles. The fourth-order valence-electron chi connectivity index (χ4n) is 1.26. The van der Waals surface area contributed by atoms with Gasteiger partial charge in [-0.2, -0.15) is 4.99 Å². The first-order valence-electron chi connectivity index (χ1n) is 5.47. The number of nitrogens with one attached hydrogen (secondary N) is 1. The molecule has 0 spiro atoms. The average Bonchev–Trinajstić information content (AvgIpc) is 2.43. The van der Waals surface area contributed by atoms with Crippen LogP contribution in [0.4, 0.5) is 10.1 Å². The van der Waals surface area contributed by atoms with Gasteiger partial charge in [0.15, 0.2) is 0 Å². The maximum absolute atomic E-state index is 13.3. The lowest BCUT2D eigenvalue weighted by Gasteiger charge is -2.06. The smallest absolute Gasteiger partial charge is 0.299 e. The molecule has 1 aliphatic heterocycles. The molecule has 1 N–H and O–H groups in total. The molecular formula is C12H9FN4O2S. The second-order valence-electron chi connectivity index (χ2n) is 3.66. The summed E-state index contributed by atoms with van der Waals surface area (Å²) < 4.78 is 13.3. The molecule has 2 rings (SSSR count). The first-order valence-corrected chi connectivity index (χ1v) is 6.45. The zero-order valence-electron chi connectivity index (χ0n) is 10.2. The molecule has 0 atom stereocenters. The van der Waals surface area contributed by atoms with Crippen LogP contribution in [0.5, 0.6) is 0 Å². The number of nitrogens with zero attached hydrogens (tertiary/aromatic N) is 3. The maximum Gasteiger partial charge on any atom is 0.299 e. The highest BCUT2D eigenvalue weighted by atomic mass is 32.2. The van der Waals surface area contributed by atoms with Crippen molar-refractivity contribution in [3.8, 4) is 0 Å².